The first-order valence-electron chi connectivity index (χ1n) is 12.6. The highest BCUT2D eigenvalue weighted by molar-refractivity contribution is 7.89. The molecule has 0 radical (unpaired) electrons. The number of benzene rings is 3. The maximum Gasteiger partial charge on any atom is 0.430 e. The molecule has 208 valence electrons. The van der Waals surface area contributed by atoms with Gasteiger partial charge in [-0.1, -0.05) is 60.7 Å². The quantitative estimate of drug-likeness (QED) is 0.482. The zero-order valence-corrected chi connectivity index (χ0v) is 22.1. The SMILES string of the molecule is CO[C@](C(=O)N[C@@H]1COC2(CCN(S(=O)(=O)c3ccc4ccccc4c3)CC2)C1)(c1ccccc1)C(F)(F)F. The maximum absolute atomic E-state index is 14.2. The summed E-state index contributed by atoms with van der Waals surface area (Å²) in [6.45, 7) is 0.421. The summed E-state index contributed by atoms with van der Waals surface area (Å²) < 4.78 is 81.6. The second-order valence-electron chi connectivity index (χ2n) is 10.0. The molecule has 7 nitrogen and oxygen atoms in total. The molecule has 39 heavy (non-hydrogen) atoms. The first-order valence-corrected chi connectivity index (χ1v) is 14.1. The molecule has 5 rings (SSSR count). The number of ether oxygens (including phenoxy) is 2. The van der Waals surface area contributed by atoms with Crippen LogP contribution in [0.4, 0.5) is 13.2 Å². The standard InChI is InChI=1S/C28H29F3N2O5S/c1-37-27(28(29,30)31,22-9-3-2-4-10-22)25(34)32-23-18-26(38-19-23)13-15-33(16-14-26)39(35,36)24-12-11-20-7-5-6-8-21(20)17-24/h2-12,17,23H,13-16,18-19H2,1H3,(H,32,34)/t23-,27-/m0/s1. The minimum absolute atomic E-state index is 0.0234. The zero-order valence-electron chi connectivity index (χ0n) is 21.3. The van der Waals surface area contributed by atoms with E-state index in [0.29, 0.717) is 12.8 Å². The van der Waals surface area contributed by atoms with Crippen LogP contribution in [0.1, 0.15) is 24.8 Å². The molecule has 0 saturated carbocycles. The van der Waals surface area contributed by atoms with Crippen LogP contribution in [0, 0.1) is 0 Å². The van der Waals surface area contributed by atoms with Gasteiger partial charge in [-0.3, -0.25) is 4.79 Å². The van der Waals surface area contributed by atoms with Gasteiger partial charge >= 0.3 is 6.18 Å². The molecule has 0 bridgehead atoms. The number of methoxy groups -OCH3 is 1. The van der Waals surface area contributed by atoms with Crippen molar-refractivity contribution in [3.63, 3.8) is 0 Å². The molecule has 2 fully saturated rings. The molecule has 2 saturated heterocycles. The Morgan fingerprint density at radius 1 is 1.00 bits per heavy atom. The number of carbonyl (C=O) groups excluding carboxylic acids is 1. The highest BCUT2D eigenvalue weighted by atomic mass is 32.2. The Morgan fingerprint density at radius 2 is 1.64 bits per heavy atom. The summed E-state index contributed by atoms with van der Waals surface area (Å²) >= 11 is 0. The number of nitrogens with one attached hydrogen (secondary N) is 1. The van der Waals surface area contributed by atoms with E-state index in [-0.39, 0.29) is 36.6 Å². The number of fused-ring (bicyclic) bond motifs is 1. The van der Waals surface area contributed by atoms with Gasteiger partial charge in [0.05, 0.1) is 23.1 Å². The van der Waals surface area contributed by atoms with Crippen molar-refractivity contribution in [1.82, 2.24) is 9.62 Å². The molecule has 1 amide bonds. The van der Waals surface area contributed by atoms with Gasteiger partial charge in [-0.15, -0.1) is 0 Å². The van der Waals surface area contributed by atoms with E-state index in [1.165, 1.54) is 28.6 Å². The van der Waals surface area contributed by atoms with Crippen molar-refractivity contribution < 1.29 is 35.9 Å². The van der Waals surface area contributed by atoms with Crippen molar-refractivity contribution in [3.05, 3.63) is 78.4 Å². The first-order chi connectivity index (χ1) is 18.5. The molecule has 0 aromatic heterocycles. The molecule has 3 aromatic rings. The highest BCUT2D eigenvalue weighted by Crippen LogP contribution is 2.43. The van der Waals surface area contributed by atoms with E-state index in [2.05, 4.69) is 5.32 Å². The average Bonchev–Trinajstić information content (AvgIpc) is 3.30. The third-order valence-corrected chi connectivity index (χ3v) is 9.64. The van der Waals surface area contributed by atoms with Gasteiger partial charge in [0, 0.05) is 25.8 Å². The predicted molar refractivity (Wildman–Crippen MR) is 138 cm³/mol. The summed E-state index contributed by atoms with van der Waals surface area (Å²) in [5.41, 5.74) is -4.21. The number of alkyl halides is 3. The molecule has 2 heterocycles. The number of hydrogen-bond acceptors (Lipinski definition) is 5. The van der Waals surface area contributed by atoms with Crippen molar-refractivity contribution >= 4 is 26.7 Å². The topological polar surface area (TPSA) is 84.9 Å². The smallest absolute Gasteiger partial charge is 0.373 e. The number of hydrogen-bond donors (Lipinski definition) is 1. The van der Waals surface area contributed by atoms with Crippen molar-refractivity contribution in [1.29, 1.82) is 0 Å². The summed E-state index contributed by atoms with van der Waals surface area (Å²) in [6.07, 6.45) is -4.01. The molecule has 1 spiro atoms. The lowest BCUT2D eigenvalue weighted by atomic mass is 9.87. The van der Waals surface area contributed by atoms with Crippen LogP contribution in [0.2, 0.25) is 0 Å². The summed E-state index contributed by atoms with van der Waals surface area (Å²) in [4.78, 5) is 13.3. The molecule has 1 N–H and O–H groups in total. The minimum Gasteiger partial charge on any atom is -0.373 e. The molecule has 0 aliphatic carbocycles. The van der Waals surface area contributed by atoms with E-state index < -0.39 is 39.4 Å². The number of rotatable bonds is 6. The summed E-state index contributed by atoms with van der Waals surface area (Å²) in [7, 11) is -2.88. The Hall–Kier alpha value is -2.99. The lowest BCUT2D eigenvalue weighted by molar-refractivity contribution is -0.266. The van der Waals surface area contributed by atoms with Crippen LogP contribution in [0.5, 0.6) is 0 Å². The Morgan fingerprint density at radius 3 is 2.28 bits per heavy atom. The Balaban J connectivity index is 1.26. The average molecular weight is 563 g/mol. The fraction of sp³-hybridized carbons (Fsp3) is 0.393. The Kier molecular flexibility index (Phi) is 7.21. The van der Waals surface area contributed by atoms with Crippen molar-refractivity contribution in [2.45, 2.75) is 47.6 Å². The molecular formula is C28H29F3N2O5S. The highest BCUT2D eigenvalue weighted by Gasteiger charge is 2.63. The third-order valence-electron chi connectivity index (χ3n) is 7.74. The minimum atomic E-state index is -5.01. The van der Waals surface area contributed by atoms with Gasteiger partial charge in [-0.2, -0.15) is 17.5 Å². The third kappa shape index (κ3) is 4.93. The Labute approximate surface area is 224 Å². The largest absolute Gasteiger partial charge is 0.430 e. The van der Waals surface area contributed by atoms with Gasteiger partial charge in [0.15, 0.2) is 0 Å². The van der Waals surface area contributed by atoms with Gasteiger partial charge in [0.25, 0.3) is 11.5 Å². The monoisotopic (exact) mass is 562 g/mol. The van der Waals surface area contributed by atoms with Crippen LogP contribution < -0.4 is 5.32 Å². The van der Waals surface area contributed by atoms with Crippen LogP contribution in [0.15, 0.2) is 77.7 Å². The second-order valence-corrected chi connectivity index (χ2v) is 12.0. The summed E-state index contributed by atoms with van der Waals surface area (Å²) in [6, 6.07) is 18.6. The number of piperidine rings is 1. The normalized spacial score (nSPS) is 21.6. The van der Waals surface area contributed by atoms with Crippen molar-refractivity contribution in [2.75, 3.05) is 26.8 Å². The second kappa shape index (κ2) is 10.2. The lowest BCUT2D eigenvalue weighted by Gasteiger charge is -2.38. The number of carbonyl (C=O) groups is 1. The molecule has 3 aromatic carbocycles. The number of amides is 1. The molecule has 11 heteroatoms. The fourth-order valence-corrected chi connectivity index (χ4v) is 7.08. The van der Waals surface area contributed by atoms with Crippen molar-refractivity contribution in [3.8, 4) is 0 Å². The van der Waals surface area contributed by atoms with E-state index >= 15 is 0 Å². The molecule has 2 aliphatic rings. The number of sulfonamides is 1. The van der Waals surface area contributed by atoms with Crippen LogP contribution in [0.3, 0.4) is 0 Å². The van der Waals surface area contributed by atoms with Crippen LogP contribution in [-0.2, 0) is 29.9 Å². The summed E-state index contributed by atoms with van der Waals surface area (Å²) in [5, 5.41) is 4.26. The van der Waals surface area contributed by atoms with Crippen LogP contribution >= 0.6 is 0 Å². The fourth-order valence-electron chi connectivity index (χ4n) is 5.61. The van der Waals surface area contributed by atoms with Gasteiger partial charge in [-0.05, 0) is 42.2 Å². The van der Waals surface area contributed by atoms with E-state index in [4.69, 9.17) is 9.47 Å². The predicted octanol–water partition coefficient (Wildman–Crippen LogP) is 4.37. The number of nitrogens with zero attached hydrogens (tertiary/aromatic N) is 1. The lowest BCUT2D eigenvalue weighted by Crippen LogP contribution is -2.57. The van der Waals surface area contributed by atoms with Gasteiger partial charge in [-0.25, -0.2) is 8.42 Å². The van der Waals surface area contributed by atoms with E-state index in [0.717, 1.165) is 17.9 Å². The maximum atomic E-state index is 14.2. The van der Waals surface area contributed by atoms with Gasteiger partial charge in [0.2, 0.25) is 10.0 Å². The molecule has 0 unspecified atom stereocenters. The van der Waals surface area contributed by atoms with Gasteiger partial charge < -0.3 is 14.8 Å². The van der Waals surface area contributed by atoms with Crippen LogP contribution in [0.25, 0.3) is 10.8 Å². The Bertz CT molecular complexity index is 1460. The molecule has 2 atom stereocenters. The van der Waals surface area contributed by atoms with E-state index in [9.17, 15) is 26.4 Å². The first kappa shape index (κ1) is 27.6. The van der Waals surface area contributed by atoms with Crippen molar-refractivity contribution in [2.24, 2.45) is 0 Å². The number of halogens is 3. The zero-order chi connectivity index (χ0) is 27.9. The molecule has 2 aliphatic heterocycles. The van der Waals surface area contributed by atoms with Gasteiger partial charge in [0.1, 0.15) is 0 Å². The summed E-state index contributed by atoms with van der Waals surface area (Å²) in [5.74, 6) is -1.31. The van der Waals surface area contributed by atoms with E-state index in [1.807, 2.05) is 24.3 Å². The molecular weight excluding hydrogens is 533 g/mol. The van der Waals surface area contributed by atoms with E-state index in [1.54, 1.807) is 24.3 Å². The van der Waals surface area contributed by atoms with Crippen LogP contribution in [-0.4, -0.2) is 63.3 Å².